The third-order valence-corrected chi connectivity index (χ3v) is 6.60. The fourth-order valence-electron chi connectivity index (χ4n) is 2.47. The van der Waals surface area contributed by atoms with Crippen molar-refractivity contribution in [3.05, 3.63) is 34.1 Å². The summed E-state index contributed by atoms with van der Waals surface area (Å²) in [5.41, 5.74) is 0.591. The van der Waals surface area contributed by atoms with E-state index in [4.69, 9.17) is 0 Å². The van der Waals surface area contributed by atoms with Gasteiger partial charge in [0.1, 0.15) is 5.82 Å². The minimum Gasteiger partial charge on any atom is -0.391 e. The highest BCUT2D eigenvalue weighted by atomic mass is 79.9. The van der Waals surface area contributed by atoms with E-state index in [0.29, 0.717) is 22.9 Å². The maximum Gasteiger partial charge on any atom is 0.155 e. The number of sulfone groups is 1. The fourth-order valence-corrected chi connectivity index (χ4v) is 4.89. The van der Waals surface area contributed by atoms with E-state index in [1.54, 1.807) is 6.07 Å². The molecule has 2 atom stereocenters. The van der Waals surface area contributed by atoms with Crippen LogP contribution in [-0.2, 0) is 16.3 Å². The second-order valence-electron chi connectivity index (χ2n) is 4.91. The Bertz CT molecular complexity index is 559. The number of aliphatic hydroxyl groups excluding tert-OH is 1. The molecule has 1 heterocycles. The van der Waals surface area contributed by atoms with Crippen molar-refractivity contribution < 1.29 is 17.9 Å². The minimum atomic E-state index is -3.22. The Hall–Kier alpha value is -0.460. The number of rotatable bonds is 3. The molecular weight excluding hydrogens is 335 g/mol. The Morgan fingerprint density at radius 1 is 1.42 bits per heavy atom. The first-order valence-electron chi connectivity index (χ1n) is 6.24. The van der Waals surface area contributed by atoms with E-state index < -0.39 is 27.0 Å². The summed E-state index contributed by atoms with van der Waals surface area (Å²) < 4.78 is 37.7. The second-order valence-corrected chi connectivity index (χ2v) is 8.10. The normalized spacial score (nSPS) is 24.1. The molecule has 106 valence electrons. The summed E-state index contributed by atoms with van der Waals surface area (Å²) in [6, 6.07) is 4.20. The highest BCUT2D eigenvalue weighted by Gasteiger charge is 2.34. The maximum atomic E-state index is 13.2. The summed E-state index contributed by atoms with van der Waals surface area (Å²) in [6.07, 6.45) is 1.11. The van der Waals surface area contributed by atoms with Crippen LogP contribution < -0.4 is 0 Å². The van der Waals surface area contributed by atoms with E-state index in [-0.39, 0.29) is 12.2 Å². The summed E-state index contributed by atoms with van der Waals surface area (Å²) >= 11 is 3.28. The molecule has 0 bridgehead atoms. The van der Waals surface area contributed by atoms with Crippen LogP contribution in [0.25, 0.3) is 0 Å². The predicted octanol–water partition coefficient (Wildman–Crippen LogP) is 2.46. The standard InChI is InChI=1S/C13H16BrFO3S/c14-11-5-4-10(15)7-9(11)8-12(16)13-3-1-2-6-19(13,17)18/h4-5,7,12-13,16H,1-3,6,8H2. The SMILES string of the molecule is O=S1(=O)CCCCC1C(O)Cc1cc(F)ccc1Br. The van der Waals surface area contributed by atoms with Crippen LogP contribution in [-0.4, -0.2) is 30.6 Å². The van der Waals surface area contributed by atoms with Gasteiger partial charge in [0.2, 0.25) is 0 Å². The van der Waals surface area contributed by atoms with E-state index in [0.717, 1.165) is 6.42 Å². The number of aliphatic hydroxyl groups is 1. The molecule has 1 saturated heterocycles. The van der Waals surface area contributed by atoms with Gasteiger partial charge in [0.15, 0.2) is 9.84 Å². The largest absolute Gasteiger partial charge is 0.391 e. The van der Waals surface area contributed by atoms with E-state index >= 15 is 0 Å². The van der Waals surface area contributed by atoms with E-state index in [1.807, 2.05) is 0 Å². The maximum absolute atomic E-state index is 13.2. The number of benzene rings is 1. The molecule has 6 heteroatoms. The van der Waals surface area contributed by atoms with Crippen molar-refractivity contribution in [2.24, 2.45) is 0 Å². The lowest BCUT2D eigenvalue weighted by Crippen LogP contribution is -2.39. The van der Waals surface area contributed by atoms with Crippen LogP contribution in [0, 0.1) is 5.82 Å². The zero-order valence-corrected chi connectivity index (χ0v) is 12.8. The second kappa shape index (κ2) is 5.89. The van der Waals surface area contributed by atoms with Crippen LogP contribution in [0.2, 0.25) is 0 Å². The molecule has 0 spiro atoms. The topological polar surface area (TPSA) is 54.4 Å². The van der Waals surface area contributed by atoms with Gasteiger partial charge >= 0.3 is 0 Å². The van der Waals surface area contributed by atoms with E-state index in [1.165, 1.54) is 12.1 Å². The Kier molecular flexibility index (Phi) is 4.63. The van der Waals surface area contributed by atoms with Crippen LogP contribution in [0.5, 0.6) is 0 Å². The molecule has 0 saturated carbocycles. The van der Waals surface area contributed by atoms with Gasteiger partial charge in [-0.2, -0.15) is 0 Å². The van der Waals surface area contributed by atoms with Crippen LogP contribution in [0.15, 0.2) is 22.7 Å². The Morgan fingerprint density at radius 2 is 2.16 bits per heavy atom. The van der Waals surface area contributed by atoms with Crippen molar-refractivity contribution in [1.29, 1.82) is 0 Å². The molecule has 0 radical (unpaired) electrons. The lowest BCUT2D eigenvalue weighted by molar-refractivity contribution is 0.161. The molecule has 19 heavy (non-hydrogen) atoms. The fraction of sp³-hybridized carbons (Fsp3) is 0.538. The van der Waals surface area contributed by atoms with Gasteiger partial charge in [-0.15, -0.1) is 0 Å². The summed E-state index contributed by atoms with van der Waals surface area (Å²) in [5.74, 6) is -0.254. The smallest absolute Gasteiger partial charge is 0.155 e. The van der Waals surface area contributed by atoms with Gasteiger partial charge in [0.05, 0.1) is 17.1 Å². The van der Waals surface area contributed by atoms with Crippen LogP contribution in [0.1, 0.15) is 24.8 Å². The Labute approximate surface area is 120 Å². The monoisotopic (exact) mass is 350 g/mol. The molecule has 0 amide bonds. The molecule has 1 aromatic rings. The van der Waals surface area contributed by atoms with E-state index in [9.17, 15) is 17.9 Å². The summed E-state index contributed by atoms with van der Waals surface area (Å²) in [5, 5.41) is 9.43. The van der Waals surface area contributed by atoms with Crippen molar-refractivity contribution in [2.75, 3.05) is 5.75 Å². The lowest BCUT2D eigenvalue weighted by atomic mass is 10.0. The number of halogens is 2. The van der Waals surface area contributed by atoms with Crippen molar-refractivity contribution >= 4 is 25.8 Å². The van der Waals surface area contributed by atoms with Gasteiger partial charge in [0.25, 0.3) is 0 Å². The van der Waals surface area contributed by atoms with E-state index in [2.05, 4.69) is 15.9 Å². The Balaban J connectivity index is 2.16. The van der Waals surface area contributed by atoms with Crippen LogP contribution >= 0.6 is 15.9 Å². The first kappa shape index (κ1) is 14.9. The highest BCUT2D eigenvalue weighted by Crippen LogP contribution is 2.26. The zero-order valence-electron chi connectivity index (χ0n) is 10.4. The minimum absolute atomic E-state index is 0.138. The molecule has 0 aromatic heterocycles. The van der Waals surface area contributed by atoms with Gasteiger partial charge in [-0.1, -0.05) is 22.4 Å². The average molecular weight is 351 g/mol. The molecule has 1 aromatic carbocycles. The van der Waals surface area contributed by atoms with Crippen molar-refractivity contribution in [3.8, 4) is 0 Å². The highest BCUT2D eigenvalue weighted by molar-refractivity contribution is 9.10. The van der Waals surface area contributed by atoms with Crippen molar-refractivity contribution in [3.63, 3.8) is 0 Å². The van der Waals surface area contributed by atoms with Gasteiger partial charge < -0.3 is 5.11 Å². The average Bonchev–Trinajstić information content (AvgIpc) is 2.33. The Morgan fingerprint density at radius 3 is 2.84 bits per heavy atom. The summed E-state index contributed by atoms with van der Waals surface area (Å²) in [6.45, 7) is 0. The first-order chi connectivity index (χ1) is 8.90. The van der Waals surface area contributed by atoms with Gasteiger partial charge in [-0.25, -0.2) is 12.8 Å². The van der Waals surface area contributed by atoms with Gasteiger partial charge in [-0.3, -0.25) is 0 Å². The molecule has 1 N–H and O–H groups in total. The molecule has 1 fully saturated rings. The zero-order chi connectivity index (χ0) is 14.0. The van der Waals surface area contributed by atoms with Crippen LogP contribution in [0.3, 0.4) is 0 Å². The quantitative estimate of drug-likeness (QED) is 0.910. The molecular formula is C13H16BrFO3S. The predicted molar refractivity (Wildman–Crippen MR) is 75.2 cm³/mol. The third-order valence-electron chi connectivity index (χ3n) is 3.49. The number of hydrogen-bond donors (Lipinski definition) is 1. The molecule has 0 aliphatic carbocycles. The lowest BCUT2D eigenvalue weighted by Gasteiger charge is -2.27. The van der Waals surface area contributed by atoms with Crippen molar-refractivity contribution in [2.45, 2.75) is 37.0 Å². The van der Waals surface area contributed by atoms with Crippen LogP contribution in [0.4, 0.5) is 4.39 Å². The van der Waals surface area contributed by atoms with Gasteiger partial charge in [-0.05, 0) is 36.6 Å². The van der Waals surface area contributed by atoms with Crippen molar-refractivity contribution in [1.82, 2.24) is 0 Å². The third kappa shape index (κ3) is 3.55. The summed E-state index contributed by atoms with van der Waals surface area (Å²) in [4.78, 5) is 0. The first-order valence-corrected chi connectivity index (χ1v) is 8.74. The molecule has 1 aliphatic heterocycles. The molecule has 2 unspecified atom stereocenters. The molecule has 3 nitrogen and oxygen atoms in total. The van der Waals surface area contributed by atoms with Gasteiger partial charge in [0, 0.05) is 10.9 Å². The molecule has 2 rings (SSSR count). The molecule has 1 aliphatic rings. The summed E-state index contributed by atoms with van der Waals surface area (Å²) in [7, 11) is -3.22. The number of hydrogen-bond acceptors (Lipinski definition) is 3.